The van der Waals surface area contributed by atoms with Crippen LogP contribution in [0.25, 0.3) is 0 Å². The monoisotopic (exact) mass is 237 g/mol. The summed E-state index contributed by atoms with van der Waals surface area (Å²) in [5, 5.41) is 2.52. The van der Waals surface area contributed by atoms with Gasteiger partial charge in [-0.2, -0.15) is 0 Å². The molecule has 92 valence electrons. The first-order valence-corrected chi connectivity index (χ1v) is 5.49. The van der Waals surface area contributed by atoms with Crippen LogP contribution in [0, 0.1) is 17.3 Å². The Kier molecular flexibility index (Phi) is 2.45. The minimum absolute atomic E-state index is 0.0787. The van der Waals surface area contributed by atoms with Crippen molar-refractivity contribution < 1.29 is 14.4 Å². The van der Waals surface area contributed by atoms with E-state index in [1.165, 1.54) is 6.08 Å². The number of primary amides is 2. The van der Waals surface area contributed by atoms with Gasteiger partial charge in [-0.1, -0.05) is 6.92 Å². The summed E-state index contributed by atoms with van der Waals surface area (Å²) in [6.45, 7) is 2.15. The summed E-state index contributed by atoms with van der Waals surface area (Å²) in [4.78, 5) is 34.2. The van der Waals surface area contributed by atoms with Crippen molar-refractivity contribution in [1.82, 2.24) is 5.32 Å². The number of nitrogens with two attached hydrogens (primary N) is 2. The van der Waals surface area contributed by atoms with Gasteiger partial charge >= 0.3 is 0 Å². The van der Waals surface area contributed by atoms with E-state index in [1.54, 1.807) is 0 Å². The van der Waals surface area contributed by atoms with Crippen LogP contribution in [0.3, 0.4) is 0 Å². The van der Waals surface area contributed by atoms with Gasteiger partial charge in [0, 0.05) is 6.54 Å². The first-order valence-electron chi connectivity index (χ1n) is 5.49. The number of hydrogen-bond donors (Lipinski definition) is 3. The van der Waals surface area contributed by atoms with Gasteiger partial charge in [0.05, 0.1) is 5.41 Å². The Bertz CT molecular complexity index is 443. The van der Waals surface area contributed by atoms with Crippen LogP contribution >= 0.6 is 0 Å². The molecule has 1 heterocycles. The summed E-state index contributed by atoms with van der Waals surface area (Å²) >= 11 is 0. The number of carbonyl (C=O) groups excluding carboxylic acids is 3. The van der Waals surface area contributed by atoms with Crippen LogP contribution in [0.5, 0.6) is 0 Å². The number of hydrogen-bond acceptors (Lipinski definition) is 3. The Morgan fingerprint density at radius 1 is 1.47 bits per heavy atom. The first kappa shape index (κ1) is 11.6. The smallest absolute Gasteiger partial charge is 0.256 e. The van der Waals surface area contributed by atoms with Crippen molar-refractivity contribution in [3.05, 3.63) is 11.6 Å². The van der Waals surface area contributed by atoms with E-state index in [0.717, 1.165) is 6.42 Å². The topological polar surface area (TPSA) is 115 Å². The standard InChI is InChI=1S/C11H15N3O3/c1-5-2-7(5)11(10(13)17)3-6(8(12)15)9(16)14-4-11/h3,5,7H,2,4H2,1H3,(H2,12,15)(H2,13,17)(H,14,16)/t5-,7-,11?/m0/s1. The molecule has 1 unspecified atom stereocenters. The normalized spacial score (nSPS) is 35.8. The second-order valence-corrected chi connectivity index (χ2v) is 4.83. The predicted molar refractivity (Wildman–Crippen MR) is 59.2 cm³/mol. The molecule has 1 saturated carbocycles. The number of nitrogens with one attached hydrogen (secondary N) is 1. The van der Waals surface area contributed by atoms with Gasteiger partial charge in [-0.15, -0.1) is 0 Å². The molecular weight excluding hydrogens is 222 g/mol. The van der Waals surface area contributed by atoms with Gasteiger partial charge in [0.2, 0.25) is 5.91 Å². The summed E-state index contributed by atoms with van der Waals surface area (Å²) in [7, 11) is 0. The van der Waals surface area contributed by atoms with E-state index in [0.29, 0.717) is 5.92 Å². The van der Waals surface area contributed by atoms with Crippen LogP contribution in [-0.4, -0.2) is 24.3 Å². The molecule has 0 aromatic heterocycles. The zero-order valence-electron chi connectivity index (χ0n) is 9.53. The minimum atomic E-state index is -0.961. The van der Waals surface area contributed by atoms with Gasteiger partial charge < -0.3 is 16.8 Å². The van der Waals surface area contributed by atoms with Crippen molar-refractivity contribution in [1.29, 1.82) is 0 Å². The second-order valence-electron chi connectivity index (χ2n) is 4.83. The molecular formula is C11H15N3O3. The summed E-state index contributed by atoms with van der Waals surface area (Å²) in [6, 6.07) is 0. The molecule has 17 heavy (non-hydrogen) atoms. The summed E-state index contributed by atoms with van der Waals surface area (Å²) in [5.74, 6) is -1.45. The fraction of sp³-hybridized carbons (Fsp3) is 0.545. The van der Waals surface area contributed by atoms with Gasteiger partial charge in [-0.05, 0) is 24.3 Å². The van der Waals surface area contributed by atoms with Gasteiger partial charge in [0.25, 0.3) is 11.8 Å². The Hall–Kier alpha value is -1.85. The largest absolute Gasteiger partial charge is 0.369 e. The highest BCUT2D eigenvalue weighted by molar-refractivity contribution is 6.19. The quantitative estimate of drug-likeness (QED) is 0.527. The first-order chi connectivity index (χ1) is 7.88. The Labute approximate surface area is 98.4 Å². The Morgan fingerprint density at radius 2 is 2.06 bits per heavy atom. The lowest BCUT2D eigenvalue weighted by Crippen LogP contribution is -2.52. The zero-order chi connectivity index (χ0) is 12.8. The van der Waals surface area contributed by atoms with Crippen molar-refractivity contribution in [3.8, 4) is 0 Å². The van der Waals surface area contributed by atoms with Gasteiger partial charge in [0.15, 0.2) is 0 Å². The van der Waals surface area contributed by atoms with Crippen molar-refractivity contribution in [2.45, 2.75) is 13.3 Å². The number of carbonyl (C=O) groups is 3. The van der Waals surface area contributed by atoms with E-state index in [4.69, 9.17) is 11.5 Å². The number of amides is 3. The minimum Gasteiger partial charge on any atom is -0.369 e. The van der Waals surface area contributed by atoms with Gasteiger partial charge in [0.1, 0.15) is 5.57 Å². The lowest BCUT2D eigenvalue weighted by Gasteiger charge is -2.32. The highest BCUT2D eigenvalue weighted by atomic mass is 16.2. The molecule has 2 rings (SSSR count). The van der Waals surface area contributed by atoms with Crippen molar-refractivity contribution in [2.75, 3.05) is 6.54 Å². The van der Waals surface area contributed by atoms with E-state index >= 15 is 0 Å². The summed E-state index contributed by atoms with van der Waals surface area (Å²) in [5.41, 5.74) is 9.41. The van der Waals surface area contributed by atoms with Gasteiger partial charge in [-0.25, -0.2) is 0 Å². The van der Waals surface area contributed by atoms with Crippen molar-refractivity contribution in [2.24, 2.45) is 28.7 Å². The van der Waals surface area contributed by atoms with Crippen LogP contribution in [0.15, 0.2) is 11.6 Å². The van der Waals surface area contributed by atoms with E-state index in [9.17, 15) is 14.4 Å². The maximum atomic E-state index is 11.7. The molecule has 0 saturated heterocycles. The Morgan fingerprint density at radius 3 is 2.47 bits per heavy atom. The van der Waals surface area contributed by atoms with Crippen molar-refractivity contribution >= 4 is 17.7 Å². The van der Waals surface area contributed by atoms with E-state index in [-0.39, 0.29) is 18.0 Å². The fourth-order valence-corrected chi connectivity index (χ4v) is 2.50. The molecule has 6 nitrogen and oxygen atoms in total. The molecule has 0 spiro atoms. The molecule has 1 fully saturated rings. The van der Waals surface area contributed by atoms with Crippen LogP contribution in [-0.2, 0) is 14.4 Å². The Balaban J connectivity index is 2.44. The SMILES string of the molecule is C[C@H]1C[C@@H]1C1(C(N)=O)C=C(C(N)=O)C(=O)NC1. The molecule has 0 bridgehead atoms. The molecule has 1 aliphatic heterocycles. The highest BCUT2D eigenvalue weighted by Gasteiger charge is 2.55. The molecule has 0 radical (unpaired) electrons. The summed E-state index contributed by atoms with van der Waals surface area (Å²) < 4.78 is 0. The second kappa shape index (κ2) is 3.58. The maximum Gasteiger partial charge on any atom is 0.256 e. The fourth-order valence-electron chi connectivity index (χ4n) is 2.50. The molecule has 0 aromatic carbocycles. The lowest BCUT2D eigenvalue weighted by atomic mass is 9.77. The van der Waals surface area contributed by atoms with E-state index in [1.807, 2.05) is 6.92 Å². The average molecular weight is 237 g/mol. The molecule has 1 aliphatic carbocycles. The van der Waals surface area contributed by atoms with Crippen LogP contribution in [0.4, 0.5) is 0 Å². The molecule has 2 aliphatic rings. The maximum absolute atomic E-state index is 11.7. The van der Waals surface area contributed by atoms with Crippen molar-refractivity contribution in [3.63, 3.8) is 0 Å². The molecule has 5 N–H and O–H groups in total. The third-order valence-electron chi connectivity index (χ3n) is 3.68. The lowest BCUT2D eigenvalue weighted by molar-refractivity contribution is -0.128. The number of rotatable bonds is 3. The molecule has 3 atom stereocenters. The highest BCUT2D eigenvalue weighted by Crippen LogP contribution is 2.52. The van der Waals surface area contributed by atoms with E-state index in [2.05, 4.69) is 5.32 Å². The predicted octanol–water partition coefficient (Wildman–Crippen LogP) is -1.34. The molecule has 3 amide bonds. The van der Waals surface area contributed by atoms with Gasteiger partial charge in [-0.3, -0.25) is 14.4 Å². The third kappa shape index (κ3) is 1.69. The van der Waals surface area contributed by atoms with Crippen LogP contribution in [0.1, 0.15) is 13.3 Å². The summed E-state index contributed by atoms with van der Waals surface area (Å²) in [6.07, 6.45) is 2.23. The zero-order valence-corrected chi connectivity index (χ0v) is 9.53. The van der Waals surface area contributed by atoms with E-state index < -0.39 is 23.1 Å². The third-order valence-corrected chi connectivity index (χ3v) is 3.68. The van der Waals surface area contributed by atoms with Crippen LogP contribution < -0.4 is 16.8 Å². The van der Waals surface area contributed by atoms with Crippen LogP contribution in [0.2, 0.25) is 0 Å². The molecule has 6 heteroatoms. The molecule has 0 aromatic rings. The average Bonchev–Trinajstić information content (AvgIpc) is 2.96.